The number of nitrogens with two attached hydrogens (primary N) is 1. The van der Waals surface area contributed by atoms with Gasteiger partial charge in [0.05, 0.1) is 0 Å². The van der Waals surface area contributed by atoms with Gasteiger partial charge in [0, 0.05) is 12.6 Å². The van der Waals surface area contributed by atoms with Crippen LogP contribution >= 0.6 is 0 Å². The van der Waals surface area contributed by atoms with Gasteiger partial charge in [0.2, 0.25) is 5.91 Å². The highest BCUT2D eigenvalue weighted by Gasteiger charge is 1.94. The monoisotopic (exact) mass is 275 g/mol. The zero-order chi connectivity index (χ0) is 14.5. The molecule has 0 fully saturated rings. The molecule has 0 bridgehead atoms. The summed E-state index contributed by atoms with van der Waals surface area (Å²) in [6.45, 7) is 3.37. The Balaban J connectivity index is 2.02. The number of benzene rings is 1. The second kappa shape index (κ2) is 11.2. The van der Waals surface area contributed by atoms with Crippen molar-refractivity contribution in [2.45, 2.75) is 19.3 Å². The maximum atomic E-state index is 11.6. The SMILES string of the molecule is NCCCCNCCCNC(=O)C=Cc1ccccc1. The summed E-state index contributed by atoms with van der Waals surface area (Å²) in [6, 6.07) is 9.80. The first-order chi connectivity index (χ1) is 9.83. The first-order valence-electron chi connectivity index (χ1n) is 7.24. The number of amides is 1. The molecule has 0 saturated heterocycles. The molecule has 4 N–H and O–H groups in total. The maximum Gasteiger partial charge on any atom is 0.243 e. The Kier molecular flexibility index (Phi) is 9.19. The fourth-order valence-electron chi connectivity index (χ4n) is 1.74. The fourth-order valence-corrected chi connectivity index (χ4v) is 1.74. The maximum absolute atomic E-state index is 11.6. The van der Waals surface area contributed by atoms with Crippen molar-refractivity contribution in [1.82, 2.24) is 10.6 Å². The molecule has 1 aromatic rings. The quantitative estimate of drug-likeness (QED) is 0.448. The van der Waals surface area contributed by atoms with E-state index in [4.69, 9.17) is 5.73 Å². The van der Waals surface area contributed by atoms with Gasteiger partial charge < -0.3 is 16.4 Å². The van der Waals surface area contributed by atoms with E-state index in [9.17, 15) is 4.79 Å². The zero-order valence-corrected chi connectivity index (χ0v) is 12.0. The third-order valence-electron chi connectivity index (χ3n) is 2.86. The number of hydrogen-bond donors (Lipinski definition) is 3. The van der Waals surface area contributed by atoms with Crippen LogP contribution in [-0.4, -0.2) is 32.1 Å². The van der Waals surface area contributed by atoms with Crippen LogP contribution in [0.25, 0.3) is 6.08 Å². The van der Waals surface area contributed by atoms with Crippen molar-refractivity contribution in [2.75, 3.05) is 26.2 Å². The lowest BCUT2D eigenvalue weighted by Gasteiger charge is -2.04. The topological polar surface area (TPSA) is 67.2 Å². The van der Waals surface area contributed by atoms with Crippen molar-refractivity contribution in [3.63, 3.8) is 0 Å². The van der Waals surface area contributed by atoms with Crippen molar-refractivity contribution < 1.29 is 4.79 Å². The Labute approximate surface area is 121 Å². The van der Waals surface area contributed by atoms with E-state index in [0.29, 0.717) is 6.54 Å². The lowest BCUT2D eigenvalue weighted by Crippen LogP contribution is -2.26. The average molecular weight is 275 g/mol. The van der Waals surface area contributed by atoms with Crippen molar-refractivity contribution in [3.05, 3.63) is 42.0 Å². The Morgan fingerprint density at radius 1 is 1.05 bits per heavy atom. The molecule has 1 amide bonds. The van der Waals surface area contributed by atoms with Crippen LogP contribution in [0, 0.1) is 0 Å². The molecular weight excluding hydrogens is 250 g/mol. The Bertz CT molecular complexity index is 390. The second-order valence-electron chi connectivity index (χ2n) is 4.63. The number of rotatable bonds is 10. The number of hydrogen-bond acceptors (Lipinski definition) is 3. The van der Waals surface area contributed by atoms with E-state index in [1.165, 1.54) is 0 Å². The lowest BCUT2D eigenvalue weighted by molar-refractivity contribution is -0.116. The summed E-state index contributed by atoms with van der Waals surface area (Å²) in [6.07, 6.45) is 6.51. The van der Waals surface area contributed by atoms with Crippen molar-refractivity contribution in [2.24, 2.45) is 5.73 Å². The first kappa shape index (κ1) is 16.4. The van der Waals surface area contributed by atoms with Gasteiger partial charge in [-0.25, -0.2) is 0 Å². The summed E-state index contributed by atoms with van der Waals surface area (Å²) in [5.74, 6) is -0.0445. The molecule has 1 rings (SSSR count). The van der Waals surface area contributed by atoms with Crippen LogP contribution in [0.3, 0.4) is 0 Å². The highest BCUT2D eigenvalue weighted by molar-refractivity contribution is 5.91. The van der Waals surface area contributed by atoms with Crippen molar-refractivity contribution in [3.8, 4) is 0 Å². The summed E-state index contributed by atoms with van der Waals surface area (Å²) < 4.78 is 0. The molecule has 0 aliphatic heterocycles. The van der Waals surface area contributed by atoms with E-state index in [-0.39, 0.29) is 5.91 Å². The van der Waals surface area contributed by atoms with Crippen LogP contribution in [0.1, 0.15) is 24.8 Å². The molecule has 0 aliphatic rings. The van der Waals surface area contributed by atoms with E-state index in [1.54, 1.807) is 6.08 Å². The molecule has 0 aromatic heterocycles. The van der Waals surface area contributed by atoms with Crippen LogP contribution in [0.2, 0.25) is 0 Å². The molecule has 0 spiro atoms. The van der Waals surface area contributed by atoms with Gasteiger partial charge in [0.25, 0.3) is 0 Å². The Morgan fingerprint density at radius 2 is 1.80 bits per heavy atom. The van der Waals surface area contributed by atoms with E-state index in [2.05, 4.69) is 10.6 Å². The highest BCUT2D eigenvalue weighted by Crippen LogP contribution is 2.00. The average Bonchev–Trinajstić information content (AvgIpc) is 2.49. The van der Waals surface area contributed by atoms with Crippen LogP contribution in [0.15, 0.2) is 36.4 Å². The van der Waals surface area contributed by atoms with E-state index in [1.807, 2.05) is 36.4 Å². The van der Waals surface area contributed by atoms with Gasteiger partial charge in [-0.2, -0.15) is 0 Å². The molecule has 0 saturated carbocycles. The third-order valence-corrected chi connectivity index (χ3v) is 2.86. The van der Waals surface area contributed by atoms with E-state index >= 15 is 0 Å². The van der Waals surface area contributed by atoms with Crippen molar-refractivity contribution in [1.29, 1.82) is 0 Å². The van der Waals surface area contributed by atoms with Gasteiger partial charge in [-0.1, -0.05) is 30.3 Å². The normalized spacial score (nSPS) is 10.8. The smallest absolute Gasteiger partial charge is 0.243 e. The molecule has 0 radical (unpaired) electrons. The van der Waals surface area contributed by atoms with Crippen LogP contribution in [0.4, 0.5) is 0 Å². The summed E-state index contributed by atoms with van der Waals surface area (Å²) in [4.78, 5) is 11.6. The number of carbonyl (C=O) groups is 1. The minimum Gasteiger partial charge on any atom is -0.353 e. The molecule has 110 valence electrons. The predicted molar refractivity (Wildman–Crippen MR) is 84.3 cm³/mol. The first-order valence-corrected chi connectivity index (χ1v) is 7.24. The largest absolute Gasteiger partial charge is 0.353 e. The number of unbranched alkanes of at least 4 members (excludes halogenated alkanes) is 1. The minimum atomic E-state index is -0.0445. The van der Waals surface area contributed by atoms with Gasteiger partial charge in [0.1, 0.15) is 0 Å². The van der Waals surface area contributed by atoms with E-state index in [0.717, 1.165) is 44.5 Å². The molecule has 4 heteroatoms. The lowest BCUT2D eigenvalue weighted by atomic mass is 10.2. The molecule has 4 nitrogen and oxygen atoms in total. The van der Waals surface area contributed by atoms with Crippen molar-refractivity contribution >= 4 is 12.0 Å². The van der Waals surface area contributed by atoms with Gasteiger partial charge >= 0.3 is 0 Å². The molecule has 0 unspecified atom stereocenters. The summed E-state index contributed by atoms with van der Waals surface area (Å²) in [5, 5.41) is 6.20. The van der Waals surface area contributed by atoms with E-state index < -0.39 is 0 Å². The predicted octanol–water partition coefficient (Wildman–Crippen LogP) is 1.53. The summed E-state index contributed by atoms with van der Waals surface area (Å²) >= 11 is 0. The molecule has 0 aliphatic carbocycles. The van der Waals surface area contributed by atoms with Gasteiger partial charge in [-0.3, -0.25) is 4.79 Å². The fraction of sp³-hybridized carbons (Fsp3) is 0.438. The van der Waals surface area contributed by atoms with Gasteiger partial charge in [-0.15, -0.1) is 0 Å². The summed E-state index contributed by atoms with van der Waals surface area (Å²) in [5.41, 5.74) is 6.44. The zero-order valence-electron chi connectivity index (χ0n) is 12.0. The third kappa shape index (κ3) is 8.45. The standard InChI is InChI=1S/C16H25N3O/c17-11-4-5-12-18-13-6-14-19-16(20)10-9-15-7-2-1-3-8-15/h1-3,7-10,18H,4-6,11-14,17H2,(H,19,20). The molecule has 20 heavy (non-hydrogen) atoms. The summed E-state index contributed by atoms with van der Waals surface area (Å²) in [7, 11) is 0. The van der Waals surface area contributed by atoms with Crippen LogP contribution in [-0.2, 0) is 4.79 Å². The minimum absolute atomic E-state index is 0.0445. The number of carbonyl (C=O) groups excluding carboxylic acids is 1. The molecule has 1 aromatic carbocycles. The van der Waals surface area contributed by atoms with Crippen LogP contribution < -0.4 is 16.4 Å². The van der Waals surface area contributed by atoms with Gasteiger partial charge in [0.15, 0.2) is 0 Å². The Hall–Kier alpha value is -1.65. The molecular formula is C16H25N3O. The van der Waals surface area contributed by atoms with Crippen LogP contribution in [0.5, 0.6) is 0 Å². The second-order valence-corrected chi connectivity index (χ2v) is 4.63. The molecule has 0 heterocycles. The highest BCUT2D eigenvalue weighted by atomic mass is 16.1. The Morgan fingerprint density at radius 3 is 2.55 bits per heavy atom. The molecule has 0 atom stereocenters. The van der Waals surface area contributed by atoms with Gasteiger partial charge in [-0.05, 0) is 50.5 Å². The number of nitrogens with one attached hydrogen (secondary N) is 2.